The van der Waals surface area contributed by atoms with Crippen LogP contribution in [0.4, 0.5) is 5.69 Å². The summed E-state index contributed by atoms with van der Waals surface area (Å²) in [5.41, 5.74) is 1.12. The molecule has 0 aromatic heterocycles. The van der Waals surface area contributed by atoms with E-state index < -0.39 is 0 Å². The zero-order chi connectivity index (χ0) is 11.7. The van der Waals surface area contributed by atoms with E-state index in [1.54, 1.807) is 23.1 Å². The van der Waals surface area contributed by atoms with Crippen molar-refractivity contribution in [2.75, 3.05) is 11.4 Å². The van der Waals surface area contributed by atoms with Gasteiger partial charge in [0.15, 0.2) is 0 Å². The third kappa shape index (κ3) is 2.06. The molecule has 3 nitrogen and oxygen atoms in total. The third-order valence-electron chi connectivity index (χ3n) is 2.46. The van der Waals surface area contributed by atoms with Crippen molar-refractivity contribution in [3.8, 4) is 6.07 Å². The number of alkyl halides is 1. The lowest BCUT2D eigenvalue weighted by molar-refractivity contribution is -0.117. The molecule has 1 aliphatic rings. The lowest BCUT2D eigenvalue weighted by atomic mass is 10.2. The summed E-state index contributed by atoms with van der Waals surface area (Å²) in [6.07, 6.45) is 0.491. The monoisotopic (exact) mass is 298 g/mol. The Morgan fingerprint density at radius 3 is 2.88 bits per heavy atom. The number of benzene rings is 1. The lowest BCUT2D eigenvalue weighted by Gasteiger charge is -2.16. The molecule has 1 saturated heterocycles. The fourth-order valence-corrected chi connectivity index (χ4v) is 2.41. The summed E-state index contributed by atoms with van der Waals surface area (Å²) in [4.78, 5) is 13.5. The van der Waals surface area contributed by atoms with Gasteiger partial charge in [-0.3, -0.25) is 4.79 Å². The van der Waals surface area contributed by atoms with Gasteiger partial charge in [-0.2, -0.15) is 5.26 Å². The number of nitrogens with zero attached hydrogens (tertiary/aromatic N) is 2. The van der Waals surface area contributed by atoms with Crippen LogP contribution in [0.3, 0.4) is 0 Å². The predicted molar refractivity (Wildman–Crippen MR) is 65.9 cm³/mol. The van der Waals surface area contributed by atoms with Gasteiger partial charge in [0.1, 0.15) is 6.07 Å². The number of carbonyl (C=O) groups excluding carboxylic acids is 1. The summed E-state index contributed by atoms with van der Waals surface area (Å²) in [5, 5.41) is 9.27. The number of hydrogen-bond acceptors (Lipinski definition) is 2. The molecule has 2 rings (SSSR count). The zero-order valence-corrected chi connectivity index (χ0v) is 10.6. The molecule has 16 heavy (non-hydrogen) atoms. The number of amides is 1. The van der Waals surface area contributed by atoms with Crippen molar-refractivity contribution >= 4 is 39.1 Å². The highest BCUT2D eigenvalue weighted by atomic mass is 79.9. The maximum Gasteiger partial charge on any atom is 0.228 e. The number of rotatable bonds is 1. The summed E-state index contributed by atoms with van der Waals surface area (Å²) in [6, 6.07) is 7.05. The minimum Gasteiger partial charge on any atom is -0.311 e. The second-order valence-electron chi connectivity index (χ2n) is 3.58. The summed E-state index contributed by atoms with van der Waals surface area (Å²) in [5.74, 6) is 0.0630. The number of halogens is 2. The zero-order valence-electron chi connectivity index (χ0n) is 8.28. The number of nitriles is 1. The van der Waals surface area contributed by atoms with Gasteiger partial charge in [-0.05, 0) is 18.2 Å². The van der Waals surface area contributed by atoms with Crippen LogP contribution >= 0.6 is 27.5 Å². The normalized spacial score (nSPS) is 19.9. The van der Waals surface area contributed by atoms with E-state index >= 15 is 0 Å². The molecule has 1 atom stereocenters. The summed E-state index contributed by atoms with van der Waals surface area (Å²) in [7, 11) is 0. The highest BCUT2D eigenvalue weighted by Gasteiger charge is 2.28. The van der Waals surface area contributed by atoms with Crippen molar-refractivity contribution in [3.63, 3.8) is 0 Å². The van der Waals surface area contributed by atoms with E-state index in [4.69, 9.17) is 16.9 Å². The fraction of sp³-hybridized carbons (Fsp3) is 0.273. The molecule has 1 aliphatic heterocycles. The van der Waals surface area contributed by atoms with E-state index in [0.29, 0.717) is 23.6 Å². The van der Waals surface area contributed by atoms with Crippen LogP contribution < -0.4 is 4.90 Å². The first kappa shape index (κ1) is 11.4. The molecule has 1 aromatic rings. The molecular weight excluding hydrogens is 291 g/mol. The fourth-order valence-electron chi connectivity index (χ4n) is 1.68. The average Bonchev–Trinajstić information content (AvgIpc) is 2.59. The predicted octanol–water partition coefficient (Wildman–Crippen LogP) is 2.71. The second kappa shape index (κ2) is 4.44. The molecule has 5 heteroatoms. The van der Waals surface area contributed by atoms with E-state index in [1.165, 1.54) is 0 Å². The van der Waals surface area contributed by atoms with Crippen molar-refractivity contribution in [2.24, 2.45) is 0 Å². The molecule has 0 aliphatic carbocycles. The topological polar surface area (TPSA) is 44.1 Å². The summed E-state index contributed by atoms with van der Waals surface area (Å²) < 4.78 is 0. The Bertz CT molecular complexity index is 483. The van der Waals surface area contributed by atoms with Crippen LogP contribution in [0.2, 0.25) is 5.02 Å². The summed E-state index contributed by atoms with van der Waals surface area (Å²) >= 11 is 9.25. The first-order valence-corrected chi connectivity index (χ1v) is 6.05. The molecule has 0 spiro atoms. The minimum absolute atomic E-state index is 0.0630. The van der Waals surface area contributed by atoms with Crippen molar-refractivity contribution in [1.29, 1.82) is 5.26 Å². The summed E-state index contributed by atoms with van der Waals surface area (Å²) in [6.45, 7) is 0.630. The maximum absolute atomic E-state index is 11.6. The SMILES string of the molecule is N#Cc1cc(N2CC(Br)CC2=O)ccc1Cl. The van der Waals surface area contributed by atoms with Crippen molar-refractivity contribution in [2.45, 2.75) is 11.2 Å². The smallest absolute Gasteiger partial charge is 0.228 e. The maximum atomic E-state index is 11.6. The highest BCUT2D eigenvalue weighted by molar-refractivity contribution is 9.09. The van der Waals surface area contributed by atoms with Crippen molar-refractivity contribution < 1.29 is 4.79 Å². The Kier molecular flexibility index (Phi) is 3.17. The van der Waals surface area contributed by atoms with Crippen LogP contribution in [-0.4, -0.2) is 17.3 Å². The van der Waals surface area contributed by atoms with Crippen LogP contribution in [0.15, 0.2) is 18.2 Å². The third-order valence-corrected chi connectivity index (χ3v) is 3.40. The van der Waals surface area contributed by atoms with Gasteiger partial charge < -0.3 is 4.90 Å². The largest absolute Gasteiger partial charge is 0.311 e. The Labute approximate surface area is 107 Å². The quantitative estimate of drug-likeness (QED) is 0.748. The first-order chi connectivity index (χ1) is 7.61. The lowest BCUT2D eigenvalue weighted by Crippen LogP contribution is -2.24. The Hall–Kier alpha value is -1.05. The average molecular weight is 300 g/mol. The van der Waals surface area contributed by atoms with Gasteiger partial charge >= 0.3 is 0 Å². The molecule has 0 N–H and O–H groups in total. The molecule has 1 fully saturated rings. The van der Waals surface area contributed by atoms with Gasteiger partial charge in [0.05, 0.1) is 10.6 Å². The van der Waals surface area contributed by atoms with E-state index in [1.807, 2.05) is 6.07 Å². The Morgan fingerprint density at radius 2 is 2.31 bits per heavy atom. The molecule has 0 bridgehead atoms. The van der Waals surface area contributed by atoms with Gasteiger partial charge in [0, 0.05) is 23.5 Å². The minimum atomic E-state index is 0.0630. The number of anilines is 1. The van der Waals surface area contributed by atoms with E-state index in [9.17, 15) is 4.79 Å². The van der Waals surface area contributed by atoms with Crippen LogP contribution in [0, 0.1) is 11.3 Å². The number of carbonyl (C=O) groups is 1. The van der Waals surface area contributed by atoms with Crippen LogP contribution in [-0.2, 0) is 4.79 Å². The van der Waals surface area contributed by atoms with Gasteiger partial charge in [-0.15, -0.1) is 0 Å². The molecule has 0 saturated carbocycles. The Morgan fingerprint density at radius 1 is 1.56 bits per heavy atom. The van der Waals surface area contributed by atoms with Crippen molar-refractivity contribution in [3.05, 3.63) is 28.8 Å². The molecule has 82 valence electrons. The molecule has 1 unspecified atom stereocenters. The van der Waals surface area contributed by atoms with Gasteiger partial charge in [-0.1, -0.05) is 27.5 Å². The van der Waals surface area contributed by atoms with Gasteiger partial charge in [0.25, 0.3) is 0 Å². The van der Waals surface area contributed by atoms with Gasteiger partial charge in [-0.25, -0.2) is 0 Å². The van der Waals surface area contributed by atoms with Crippen molar-refractivity contribution in [1.82, 2.24) is 0 Å². The molecule has 1 aromatic carbocycles. The molecular formula is C11H8BrClN2O. The van der Waals surface area contributed by atoms with E-state index in [2.05, 4.69) is 15.9 Å². The highest BCUT2D eigenvalue weighted by Crippen LogP contribution is 2.28. The standard InChI is InChI=1S/C11H8BrClN2O/c12-8-4-11(16)15(6-8)9-1-2-10(13)7(3-9)5-14/h1-3,8H,4,6H2. The Balaban J connectivity index is 2.35. The van der Waals surface area contributed by atoms with Gasteiger partial charge in [0.2, 0.25) is 5.91 Å². The van der Waals surface area contributed by atoms with E-state index in [-0.39, 0.29) is 10.7 Å². The van der Waals surface area contributed by atoms with E-state index in [0.717, 1.165) is 5.69 Å². The number of hydrogen-bond donors (Lipinski definition) is 0. The molecule has 0 radical (unpaired) electrons. The van der Waals surface area contributed by atoms with Crippen LogP contribution in [0.5, 0.6) is 0 Å². The first-order valence-electron chi connectivity index (χ1n) is 4.76. The molecule has 1 heterocycles. The molecule has 1 amide bonds. The second-order valence-corrected chi connectivity index (χ2v) is 5.28. The van der Waals surface area contributed by atoms with Crippen LogP contribution in [0.25, 0.3) is 0 Å². The van der Waals surface area contributed by atoms with Crippen LogP contribution in [0.1, 0.15) is 12.0 Å².